The van der Waals surface area contributed by atoms with Crippen LogP contribution in [0.5, 0.6) is 0 Å². The molecule has 192 valence electrons. The highest BCUT2D eigenvalue weighted by Gasteiger charge is 2.42. The molecule has 3 aromatic carbocycles. The van der Waals surface area contributed by atoms with Gasteiger partial charge in [-0.25, -0.2) is 14.8 Å². The fraction of sp³-hybridized carbons (Fsp3) is 0.156. The van der Waals surface area contributed by atoms with Crippen molar-refractivity contribution in [2.24, 2.45) is 11.0 Å². The van der Waals surface area contributed by atoms with Crippen molar-refractivity contribution in [2.45, 2.75) is 25.3 Å². The van der Waals surface area contributed by atoms with Gasteiger partial charge in [-0.05, 0) is 66.3 Å². The van der Waals surface area contributed by atoms with Gasteiger partial charge in [-0.2, -0.15) is 5.10 Å². The predicted octanol–water partition coefficient (Wildman–Crippen LogP) is 8.48. The first kappa shape index (κ1) is 24.2. The molecule has 0 amide bonds. The van der Waals surface area contributed by atoms with E-state index in [-0.39, 0.29) is 12.0 Å². The third-order valence-electron chi connectivity index (χ3n) is 7.44. The van der Waals surface area contributed by atoms with E-state index in [9.17, 15) is 4.79 Å². The Bertz CT molecular complexity index is 1790. The summed E-state index contributed by atoms with van der Waals surface area (Å²) in [4.78, 5) is 17.8. The molecule has 0 bridgehead atoms. The van der Waals surface area contributed by atoms with E-state index in [0.717, 1.165) is 40.0 Å². The molecule has 1 aliphatic heterocycles. The van der Waals surface area contributed by atoms with Crippen molar-refractivity contribution < 1.29 is 4.42 Å². The first-order chi connectivity index (χ1) is 19.1. The van der Waals surface area contributed by atoms with E-state index in [4.69, 9.17) is 14.5 Å². The molecule has 1 fully saturated rings. The van der Waals surface area contributed by atoms with Gasteiger partial charge in [-0.15, -0.1) is 11.3 Å². The number of hydrazone groups is 1. The van der Waals surface area contributed by atoms with Crippen molar-refractivity contribution in [2.75, 3.05) is 5.01 Å². The van der Waals surface area contributed by atoms with E-state index in [1.54, 1.807) is 6.07 Å². The van der Waals surface area contributed by atoms with Crippen LogP contribution in [-0.2, 0) is 0 Å². The largest absolute Gasteiger partial charge is 0.422 e. The summed E-state index contributed by atoms with van der Waals surface area (Å²) < 4.78 is 6.54. The average molecular weight is 595 g/mol. The average Bonchev–Trinajstić information content (AvgIpc) is 3.60. The lowest BCUT2D eigenvalue weighted by Gasteiger charge is -2.29. The van der Waals surface area contributed by atoms with Crippen LogP contribution in [0.4, 0.5) is 5.13 Å². The molecule has 2 atom stereocenters. The van der Waals surface area contributed by atoms with Gasteiger partial charge in [0.1, 0.15) is 5.58 Å². The van der Waals surface area contributed by atoms with Gasteiger partial charge < -0.3 is 4.42 Å². The van der Waals surface area contributed by atoms with Gasteiger partial charge in [0.2, 0.25) is 5.13 Å². The second-order valence-corrected chi connectivity index (χ2v) is 11.7. The van der Waals surface area contributed by atoms with Crippen molar-refractivity contribution >= 4 is 55.2 Å². The number of thiazole rings is 1. The van der Waals surface area contributed by atoms with E-state index < -0.39 is 5.63 Å². The van der Waals surface area contributed by atoms with Crippen LogP contribution in [0, 0.1) is 5.92 Å². The van der Waals surface area contributed by atoms with Crippen LogP contribution < -0.4 is 10.6 Å². The van der Waals surface area contributed by atoms with Crippen LogP contribution in [0.15, 0.2) is 115 Å². The quantitative estimate of drug-likeness (QED) is 0.196. The van der Waals surface area contributed by atoms with Crippen LogP contribution in [-0.4, -0.2) is 10.7 Å². The number of rotatable bonds is 4. The number of halogens is 1. The first-order valence-electron chi connectivity index (χ1n) is 13.0. The monoisotopic (exact) mass is 593 g/mol. The van der Waals surface area contributed by atoms with Crippen molar-refractivity contribution in [1.29, 1.82) is 0 Å². The Morgan fingerprint density at radius 2 is 1.79 bits per heavy atom. The second kappa shape index (κ2) is 10.1. The summed E-state index contributed by atoms with van der Waals surface area (Å²) in [5.41, 5.74) is 6.06. The summed E-state index contributed by atoms with van der Waals surface area (Å²) in [6, 6.07) is 28.5. The predicted molar refractivity (Wildman–Crippen MR) is 162 cm³/mol. The zero-order chi connectivity index (χ0) is 26.3. The number of hydrogen-bond acceptors (Lipinski definition) is 6. The number of aromatic nitrogens is 1. The van der Waals surface area contributed by atoms with Crippen LogP contribution in [0.25, 0.3) is 28.3 Å². The summed E-state index contributed by atoms with van der Waals surface area (Å²) in [6.07, 6.45) is 5.48. The van der Waals surface area contributed by atoms with Gasteiger partial charge in [-0.3, -0.25) is 0 Å². The molecule has 0 unspecified atom stereocenters. The number of hydrogen-bond donors (Lipinski definition) is 0. The molecule has 5 nitrogen and oxygen atoms in total. The van der Waals surface area contributed by atoms with Crippen LogP contribution in [0.2, 0.25) is 0 Å². The maximum absolute atomic E-state index is 12.9. The molecule has 2 aromatic heterocycles. The molecule has 7 rings (SSSR count). The molecule has 2 aliphatic rings. The number of fused-ring (bicyclic) bond motifs is 2. The van der Waals surface area contributed by atoms with Crippen molar-refractivity contribution in [1.82, 2.24) is 4.98 Å². The molecule has 1 saturated carbocycles. The Morgan fingerprint density at radius 3 is 2.62 bits per heavy atom. The lowest BCUT2D eigenvalue weighted by atomic mass is 9.77. The van der Waals surface area contributed by atoms with E-state index in [2.05, 4.69) is 75.5 Å². The van der Waals surface area contributed by atoms with E-state index in [1.165, 1.54) is 28.0 Å². The standard InChI is InChI=1S/C32H24BrN3O2S/c33-24-14-15-28-23(17-24)18-26(31(37)38-28)27-19-39-32(34-27)36-30(21-10-5-2-6-11-21)25-13-7-12-22(29(25)35-36)16-20-8-3-1-4-9-20/h1-6,8-11,14-19,25,30H,7,12-13H2/b22-16+/t25-,30-/m1/s1. The van der Waals surface area contributed by atoms with Gasteiger partial charge >= 0.3 is 5.63 Å². The highest BCUT2D eigenvalue weighted by Crippen LogP contribution is 2.47. The topological polar surface area (TPSA) is 58.7 Å². The molecule has 7 heteroatoms. The van der Waals surface area contributed by atoms with E-state index in [1.807, 2.05) is 35.7 Å². The van der Waals surface area contributed by atoms with E-state index >= 15 is 0 Å². The van der Waals surface area contributed by atoms with Gasteiger partial charge in [0, 0.05) is 21.2 Å². The van der Waals surface area contributed by atoms with E-state index in [0.29, 0.717) is 16.8 Å². The maximum atomic E-state index is 12.9. The van der Waals surface area contributed by atoms with Gasteiger partial charge in [0.25, 0.3) is 0 Å². The Labute approximate surface area is 238 Å². The number of anilines is 1. The SMILES string of the molecule is O=c1oc2ccc(Br)cc2cc1-c1csc(N2N=C3/C(=C/c4ccccc4)CCC[C@H]3[C@H]2c2ccccc2)n1. The normalized spacial score (nSPS) is 19.9. The van der Waals surface area contributed by atoms with Crippen LogP contribution >= 0.6 is 27.3 Å². The summed E-state index contributed by atoms with van der Waals surface area (Å²) >= 11 is 5.01. The smallest absolute Gasteiger partial charge is 0.345 e. The Morgan fingerprint density at radius 1 is 1.00 bits per heavy atom. The molecule has 0 radical (unpaired) electrons. The van der Waals surface area contributed by atoms with Crippen molar-refractivity contribution in [3.05, 3.63) is 122 Å². The van der Waals surface area contributed by atoms with Gasteiger partial charge in [-0.1, -0.05) is 76.6 Å². The molecule has 0 N–H and O–H groups in total. The Hall–Kier alpha value is -3.81. The number of allylic oxidation sites excluding steroid dienone is 1. The van der Waals surface area contributed by atoms with Crippen molar-refractivity contribution in [3.63, 3.8) is 0 Å². The molecule has 1 aliphatic carbocycles. The molecule has 3 heterocycles. The minimum atomic E-state index is -0.393. The van der Waals surface area contributed by atoms with Gasteiger partial charge in [0.05, 0.1) is 23.0 Å². The molecule has 39 heavy (non-hydrogen) atoms. The zero-order valence-corrected chi connectivity index (χ0v) is 23.4. The summed E-state index contributed by atoms with van der Waals surface area (Å²) in [5.74, 6) is 0.270. The lowest BCUT2D eigenvalue weighted by molar-refractivity contribution is 0.487. The molecule has 0 saturated heterocycles. The summed E-state index contributed by atoms with van der Waals surface area (Å²) in [6.45, 7) is 0. The molecular weight excluding hydrogens is 570 g/mol. The minimum absolute atomic E-state index is 0.0450. The van der Waals surface area contributed by atoms with Gasteiger partial charge in [0.15, 0.2) is 0 Å². The highest BCUT2D eigenvalue weighted by atomic mass is 79.9. The fourth-order valence-electron chi connectivity index (χ4n) is 5.66. The lowest BCUT2D eigenvalue weighted by Crippen LogP contribution is -2.28. The fourth-order valence-corrected chi connectivity index (χ4v) is 6.85. The molecule has 0 spiro atoms. The van der Waals surface area contributed by atoms with Crippen LogP contribution in [0.1, 0.15) is 36.4 Å². The number of benzene rings is 3. The molecular formula is C32H24BrN3O2S. The minimum Gasteiger partial charge on any atom is -0.422 e. The number of nitrogens with zero attached hydrogens (tertiary/aromatic N) is 3. The van der Waals surface area contributed by atoms with Crippen LogP contribution in [0.3, 0.4) is 0 Å². The summed E-state index contributed by atoms with van der Waals surface area (Å²) in [5, 5.41) is 10.8. The highest BCUT2D eigenvalue weighted by molar-refractivity contribution is 9.10. The zero-order valence-electron chi connectivity index (χ0n) is 21.0. The third-order valence-corrected chi connectivity index (χ3v) is 8.76. The Balaban J connectivity index is 1.32. The summed E-state index contributed by atoms with van der Waals surface area (Å²) in [7, 11) is 0. The first-order valence-corrected chi connectivity index (χ1v) is 14.7. The maximum Gasteiger partial charge on any atom is 0.345 e. The second-order valence-electron chi connectivity index (χ2n) is 9.91. The Kier molecular flexibility index (Phi) is 6.25. The third kappa shape index (κ3) is 4.56. The molecule has 5 aromatic rings. The van der Waals surface area contributed by atoms with Crippen molar-refractivity contribution in [3.8, 4) is 11.3 Å².